The van der Waals surface area contributed by atoms with Gasteiger partial charge in [0.15, 0.2) is 0 Å². The molecule has 5 nitrogen and oxygen atoms in total. The van der Waals surface area contributed by atoms with Crippen LogP contribution < -0.4 is 10.5 Å². The zero-order valence-corrected chi connectivity index (χ0v) is 9.10. The molecule has 1 aromatic carbocycles. The Morgan fingerprint density at radius 1 is 1.56 bits per heavy atom. The van der Waals surface area contributed by atoms with Gasteiger partial charge in [-0.25, -0.2) is 0 Å². The van der Waals surface area contributed by atoms with E-state index >= 15 is 0 Å². The van der Waals surface area contributed by atoms with Crippen LogP contribution in [0.1, 0.15) is 12.0 Å². The maximum Gasteiger partial charge on any atom is 0.253 e. The number of anilines is 1. The molecule has 1 aliphatic heterocycles. The number of nitrogens with zero attached hydrogens (tertiary/aromatic N) is 1. The molecule has 0 atom stereocenters. The minimum Gasteiger partial charge on any atom is -0.305 e. The lowest BCUT2D eigenvalue weighted by atomic mass is 10.2. The summed E-state index contributed by atoms with van der Waals surface area (Å²) in [4.78, 5) is 21.5. The molecule has 86 valence electrons. The Bertz CT molecular complexity index is 381. The summed E-state index contributed by atoms with van der Waals surface area (Å²) in [6.07, 6.45) is 0.445. The summed E-state index contributed by atoms with van der Waals surface area (Å²) in [6.45, 7) is 1.05. The van der Waals surface area contributed by atoms with Crippen LogP contribution in [0.3, 0.4) is 0 Å². The molecule has 16 heavy (non-hydrogen) atoms. The lowest BCUT2D eigenvalue weighted by Gasteiger charge is -2.14. The number of hydrogen-bond donors (Lipinski definition) is 1. The van der Waals surface area contributed by atoms with Crippen molar-refractivity contribution in [2.45, 2.75) is 13.0 Å². The summed E-state index contributed by atoms with van der Waals surface area (Å²) in [6, 6.07) is 7.59. The van der Waals surface area contributed by atoms with E-state index in [1.54, 1.807) is 7.11 Å². The van der Waals surface area contributed by atoms with E-state index in [1.807, 2.05) is 24.3 Å². The van der Waals surface area contributed by atoms with E-state index in [9.17, 15) is 4.79 Å². The average molecular weight is 222 g/mol. The first kappa shape index (κ1) is 11.1. The molecule has 0 aromatic heterocycles. The Morgan fingerprint density at radius 3 is 3.12 bits per heavy atom. The van der Waals surface area contributed by atoms with Crippen molar-refractivity contribution in [2.75, 3.05) is 18.8 Å². The predicted molar refractivity (Wildman–Crippen MR) is 58.3 cm³/mol. The molecule has 1 amide bonds. The highest BCUT2D eigenvalue weighted by Gasteiger charge is 2.23. The Morgan fingerprint density at radius 2 is 2.44 bits per heavy atom. The molecule has 0 radical (unpaired) electrons. The molecule has 1 saturated heterocycles. The van der Waals surface area contributed by atoms with E-state index in [-0.39, 0.29) is 5.91 Å². The number of benzene rings is 1. The van der Waals surface area contributed by atoms with Gasteiger partial charge in [0.2, 0.25) is 0 Å². The Hall–Kier alpha value is -1.43. The van der Waals surface area contributed by atoms with Gasteiger partial charge in [-0.1, -0.05) is 12.1 Å². The molecule has 1 heterocycles. The highest BCUT2D eigenvalue weighted by molar-refractivity contribution is 5.92. The van der Waals surface area contributed by atoms with E-state index in [0.29, 0.717) is 19.6 Å². The molecule has 5 heteroatoms. The Balaban J connectivity index is 2.12. The molecule has 0 unspecified atom stereocenters. The SMILES string of the molecule is CONCc1cccc(N2OCCC2=O)c1. The fourth-order valence-electron chi connectivity index (χ4n) is 1.56. The van der Waals surface area contributed by atoms with E-state index in [2.05, 4.69) is 5.48 Å². The third kappa shape index (κ3) is 2.38. The topological polar surface area (TPSA) is 50.8 Å². The first-order valence-corrected chi connectivity index (χ1v) is 5.12. The molecule has 1 aromatic rings. The standard InChI is InChI=1S/C11H14N2O3/c1-15-12-8-9-3-2-4-10(7-9)13-11(14)5-6-16-13/h2-4,7,12H,5-6,8H2,1H3. The molecular weight excluding hydrogens is 208 g/mol. The second-order valence-electron chi connectivity index (χ2n) is 3.47. The van der Waals surface area contributed by atoms with Crippen LogP contribution >= 0.6 is 0 Å². The first-order chi connectivity index (χ1) is 7.81. The van der Waals surface area contributed by atoms with Crippen LogP contribution in [0.15, 0.2) is 24.3 Å². The molecule has 0 aliphatic carbocycles. The first-order valence-electron chi connectivity index (χ1n) is 5.12. The van der Waals surface area contributed by atoms with Crippen molar-refractivity contribution < 1.29 is 14.5 Å². The van der Waals surface area contributed by atoms with Gasteiger partial charge in [0, 0.05) is 6.54 Å². The maximum absolute atomic E-state index is 11.5. The highest BCUT2D eigenvalue weighted by atomic mass is 16.7. The summed E-state index contributed by atoms with van der Waals surface area (Å²) < 4.78 is 0. The monoisotopic (exact) mass is 222 g/mol. The van der Waals surface area contributed by atoms with Crippen molar-refractivity contribution in [3.63, 3.8) is 0 Å². The van der Waals surface area contributed by atoms with E-state index < -0.39 is 0 Å². The molecule has 1 fully saturated rings. The summed E-state index contributed by atoms with van der Waals surface area (Å²) in [5, 5.41) is 1.34. The van der Waals surface area contributed by atoms with Crippen LogP contribution in [-0.4, -0.2) is 19.6 Å². The van der Waals surface area contributed by atoms with Gasteiger partial charge in [0.1, 0.15) is 0 Å². The van der Waals surface area contributed by atoms with Crippen molar-refractivity contribution in [1.82, 2.24) is 5.48 Å². The Labute approximate surface area is 93.9 Å². The molecule has 0 bridgehead atoms. The third-order valence-electron chi connectivity index (χ3n) is 2.33. The summed E-state index contributed by atoms with van der Waals surface area (Å²) >= 11 is 0. The lowest BCUT2D eigenvalue weighted by Crippen LogP contribution is -2.22. The van der Waals surface area contributed by atoms with Gasteiger partial charge in [-0.3, -0.25) is 9.63 Å². The van der Waals surface area contributed by atoms with Gasteiger partial charge in [-0.05, 0) is 17.7 Å². The minimum atomic E-state index is -0.00292. The van der Waals surface area contributed by atoms with Crippen molar-refractivity contribution in [3.05, 3.63) is 29.8 Å². The van der Waals surface area contributed by atoms with Crippen molar-refractivity contribution in [2.24, 2.45) is 0 Å². The average Bonchev–Trinajstić information content (AvgIpc) is 2.73. The molecule has 2 rings (SSSR count). The highest BCUT2D eigenvalue weighted by Crippen LogP contribution is 2.21. The summed E-state index contributed by atoms with van der Waals surface area (Å²) in [5.74, 6) is -0.00292. The second-order valence-corrected chi connectivity index (χ2v) is 3.47. The minimum absolute atomic E-state index is 0.00292. The lowest BCUT2D eigenvalue weighted by molar-refractivity contribution is -0.119. The molecule has 0 saturated carbocycles. The van der Waals surface area contributed by atoms with E-state index in [0.717, 1.165) is 11.3 Å². The van der Waals surface area contributed by atoms with Crippen LogP contribution in [-0.2, 0) is 21.0 Å². The van der Waals surface area contributed by atoms with Crippen LogP contribution in [0.5, 0.6) is 0 Å². The quantitative estimate of drug-likeness (QED) is 0.772. The van der Waals surface area contributed by atoms with Crippen LogP contribution in [0.2, 0.25) is 0 Å². The molecular formula is C11H14N2O3. The number of carbonyl (C=O) groups excluding carboxylic acids is 1. The maximum atomic E-state index is 11.5. The summed E-state index contributed by atoms with van der Waals surface area (Å²) in [5.41, 5.74) is 4.54. The second kappa shape index (κ2) is 5.07. The number of nitrogens with one attached hydrogen (secondary N) is 1. The fraction of sp³-hybridized carbons (Fsp3) is 0.364. The van der Waals surface area contributed by atoms with E-state index in [4.69, 9.17) is 9.68 Å². The van der Waals surface area contributed by atoms with Crippen LogP contribution in [0.25, 0.3) is 0 Å². The van der Waals surface area contributed by atoms with Crippen molar-refractivity contribution in [1.29, 1.82) is 0 Å². The molecule has 1 N–H and O–H groups in total. The van der Waals surface area contributed by atoms with Gasteiger partial charge < -0.3 is 4.84 Å². The smallest absolute Gasteiger partial charge is 0.253 e. The summed E-state index contributed by atoms with van der Waals surface area (Å²) in [7, 11) is 1.57. The fourth-order valence-corrected chi connectivity index (χ4v) is 1.56. The number of amides is 1. The van der Waals surface area contributed by atoms with Gasteiger partial charge >= 0.3 is 0 Å². The van der Waals surface area contributed by atoms with Crippen molar-refractivity contribution >= 4 is 11.6 Å². The van der Waals surface area contributed by atoms with Gasteiger partial charge in [-0.2, -0.15) is 10.5 Å². The zero-order chi connectivity index (χ0) is 11.4. The Kier molecular flexibility index (Phi) is 3.51. The normalized spacial score (nSPS) is 15.8. The molecule has 0 spiro atoms. The van der Waals surface area contributed by atoms with Gasteiger partial charge in [-0.15, -0.1) is 0 Å². The number of carbonyl (C=O) groups is 1. The number of rotatable bonds is 4. The third-order valence-corrected chi connectivity index (χ3v) is 2.33. The largest absolute Gasteiger partial charge is 0.305 e. The number of hydroxylamine groups is 2. The molecule has 1 aliphatic rings. The van der Waals surface area contributed by atoms with Gasteiger partial charge in [0.25, 0.3) is 5.91 Å². The van der Waals surface area contributed by atoms with E-state index in [1.165, 1.54) is 5.06 Å². The van der Waals surface area contributed by atoms with Gasteiger partial charge in [0.05, 0.1) is 25.8 Å². The zero-order valence-electron chi connectivity index (χ0n) is 9.10. The number of hydrogen-bond acceptors (Lipinski definition) is 4. The van der Waals surface area contributed by atoms with Crippen molar-refractivity contribution in [3.8, 4) is 0 Å². The van der Waals surface area contributed by atoms with Crippen LogP contribution in [0.4, 0.5) is 5.69 Å². The predicted octanol–water partition coefficient (Wildman–Crippen LogP) is 1.01. The van der Waals surface area contributed by atoms with Crippen LogP contribution in [0, 0.1) is 0 Å².